The zero-order valence-electron chi connectivity index (χ0n) is 17.4. The van der Waals surface area contributed by atoms with Gasteiger partial charge in [-0.3, -0.25) is 0 Å². The summed E-state index contributed by atoms with van der Waals surface area (Å²) in [5.74, 6) is 1.18. The van der Waals surface area contributed by atoms with E-state index in [1.165, 1.54) is 10.4 Å². The molecular formula is C24H34O2Si. The van der Waals surface area contributed by atoms with Crippen molar-refractivity contribution in [3.63, 3.8) is 0 Å². The number of benzene rings is 2. The first kappa shape index (κ1) is 20.3. The molecule has 2 aromatic rings. The van der Waals surface area contributed by atoms with Crippen molar-refractivity contribution in [3.05, 3.63) is 60.7 Å². The van der Waals surface area contributed by atoms with E-state index < -0.39 is 8.32 Å². The van der Waals surface area contributed by atoms with Gasteiger partial charge in [0.25, 0.3) is 8.32 Å². The Balaban J connectivity index is 1.93. The first-order valence-corrected chi connectivity index (χ1v) is 12.1. The van der Waals surface area contributed by atoms with Gasteiger partial charge < -0.3 is 9.53 Å². The summed E-state index contributed by atoms with van der Waals surface area (Å²) in [4.78, 5) is 0. The number of hydrogen-bond acceptors (Lipinski definition) is 2. The molecular weight excluding hydrogens is 348 g/mol. The van der Waals surface area contributed by atoms with Crippen LogP contribution in [-0.2, 0) is 4.43 Å². The highest BCUT2D eigenvalue weighted by molar-refractivity contribution is 6.99. The summed E-state index contributed by atoms with van der Waals surface area (Å²) < 4.78 is 6.98. The average Bonchev–Trinajstić information content (AvgIpc) is 3.42. The number of rotatable bonds is 7. The summed E-state index contributed by atoms with van der Waals surface area (Å²) in [6.07, 6.45) is 0.870. The highest BCUT2D eigenvalue weighted by Gasteiger charge is 2.52. The molecule has 0 radical (unpaired) electrons. The fourth-order valence-electron chi connectivity index (χ4n) is 4.37. The highest BCUT2D eigenvalue weighted by atomic mass is 28.4. The van der Waals surface area contributed by atoms with E-state index in [9.17, 15) is 5.11 Å². The van der Waals surface area contributed by atoms with Gasteiger partial charge in [-0.2, -0.15) is 0 Å². The zero-order valence-corrected chi connectivity index (χ0v) is 18.4. The second-order valence-corrected chi connectivity index (χ2v) is 13.7. The van der Waals surface area contributed by atoms with Crippen molar-refractivity contribution in [1.82, 2.24) is 0 Å². The van der Waals surface area contributed by atoms with Crippen LogP contribution in [0, 0.1) is 17.8 Å². The van der Waals surface area contributed by atoms with Gasteiger partial charge in [0.15, 0.2) is 0 Å². The van der Waals surface area contributed by atoms with E-state index in [1.807, 2.05) is 0 Å². The molecule has 1 saturated carbocycles. The Kier molecular flexibility index (Phi) is 5.95. The summed E-state index contributed by atoms with van der Waals surface area (Å²) in [5, 5.41) is 13.1. The first-order valence-electron chi connectivity index (χ1n) is 10.2. The molecule has 1 aliphatic carbocycles. The molecule has 2 nitrogen and oxygen atoms in total. The van der Waals surface area contributed by atoms with Crippen molar-refractivity contribution in [2.45, 2.75) is 52.2 Å². The van der Waals surface area contributed by atoms with Crippen LogP contribution in [0.25, 0.3) is 0 Å². The minimum absolute atomic E-state index is 0.0107. The number of aliphatic hydroxyl groups is 1. The van der Waals surface area contributed by atoms with Crippen molar-refractivity contribution >= 4 is 18.7 Å². The summed E-state index contributed by atoms with van der Waals surface area (Å²) in [7, 11) is -2.45. The maximum absolute atomic E-state index is 10.4. The standard InChI is InChI=1S/C24H34O2Si/c1-18(2)23(25)22-16-19(22)17-26-27(24(3,4)5,20-12-8-6-9-13-20)21-14-10-7-11-15-21/h6-15,18-19,22-23,25H,16-17H2,1-5H3/t19-,22+,23-/m0/s1. The van der Waals surface area contributed by atoms with Crippen LogP contribution in [0.4, 0.5) is 0 Å². The Bertz CT molecular complexity index is 682. The van der Waals surface area contributed by atoms with Gasteiger partial charge in [0.05, 0.1) is 6.10 Å². The number of aliphatic hydroxyl groups excluding tert-OH is 1. The second-order valence-electron chi connectivity index (χ2n) is 9.37. The van der Waals surface area contributed by atoms with E-state index in [1.54, 1.807) is 0 Å². The van der Waals surface area contributed by atoms with Crippen molar-refractivity contribution in [1.29, 1.82) is 0 Å². The molecule has 0 spiro atoms. The van der Waals surface area contributed by atoms with Gasteiger partial charge in [0.1, 0.15) is 0 Å². The van der Waals surface area contributed by atoms with Crippen molar-refractivity contribution in [2.75, 3.05) is 6.61 Å². The molecule has 0 aliphatic heterocycles. The van der Waals surface area contributed by atoms with Crippen LogP contribution in [0.3, 0.4) is 0 Å². The molecule has 3 heteroatoms. The molecule has 3 atom stereocenters. The minimum atomic E-state index is -2.45. The quantitative estimate of drug-likeness (QED) is 0.727. The third-order valence-electron chi connectivity index (χ3n) is 6.03. The monoisotopic (exact) mass is 382 g/mol. The van der Waals surface area contributed by atoms with Crippen molar-refractivity contribution in [2.24, 2.45) is 17.8 Å². The Labute approximate surface area is 165 Å². The molecule has 3 rings (SSSR count). The van der Waals surface area contributed by atoms with Gasteiger partial charge in [-0.25, -0.2) is 0 Å². The zero-order chi connectivity index (χ0) is 19.7. The Morgan fingerprint density at radius 1 is 0.963 bits per heavy atom. The minimum Gasteiger partial charge on any atom is -0.407 e. The lowest BCUT2D eigenvalue weighted by atomic mass is 10.0. The largest absolute Gasteiger partial charge is 0.407 e. The topological polar surface area (TPSA) is 29.5 Å². The lowest BCUT2D eigenvalue weighted by Crippen LogP contribution is -2.66. The summed E-state index contributed by atoms with van der Waals surface area (Å²) in [6, 6.07) is 21.6. The third kappa shape index (κ3) is 4.06. The summed E-state index contributed by atoms with van der Waals surface area (Å²) >= 11 is 0. The smallest absolute Gasteiger partial charge is 0.261 e. The molecule has 0 unspecified atom stereocenters. The molecule has 146 valence electrons. The average molecular weight is 383 g/mol. The van der Waals surface area contributed by atoms with Crippen molar-refractivity contribution < 1.29 is 9.53 Å². The Morgan fingerprint density at radius 3 is 1.85 bits per heavy atom. The molecule has 0 saturated heterocycles. The van der Waals surface area contributed by atoms with E-state index in [0.29, 0.717) is 17.8 Å². The molecule has 0 amide bonds. The van der Waals surface area contributed by atoms with Crippen LogP contribution in [0.5, 0.6) is 0 Å². The van der Waals surface area contributed by atoms with Crippen LogP contribution in [0.1, 0.15) is 41.0 Å². The fourth-order valence-corrected chi connectivity index (χ4v) is 8.99. The van der Waals surface area contributed by atoms with Crippen LogP contribution in [0.15, 0.2) is 60.7 Å². The van der Waals surface area contributed by atoms with Gasteiger partial charge >= 0.3 is 0 Å². The normalized spacial score (nSPS) is 21.3. The number of hydrogen-bond donors (Lipinski definition) is 1. The van der Waals surface area contributed by atoms with Crippen LogP contribution in [-0.4, -0.2) is 26.1 Å². The van der Waals surface area contributed by atoms with E-state index in [2.05, 4.69) is 95.3 Å². The maximum atomic E-state index is 10.4. The molecule has 27 heavy (non-hydrogen) atoms. The maximum Gasteiger partial charge on any atom is 0.261 e. The van der Waals surface area contributed by atoms with E-state index in [-0.39, 0.29) is 11.1 Å². The Hall–Kier alpha value is -1.42. The fraction of sp³-hybridized carbons (Fsp3) is 0.500. The predicted molar refractivity (Wildman–Crippen MR) is 116 cm³/mol. The van der Waals surface area contributed by atoms with E-state index in [4.69, 9.17) is 4.43 Å². The summed E-state index contributed by atoms with van der Waals surface area (Å²) in [5.41, 5.74) is 0. The molecule has 1 fully saturated rings. The van der Waals surface area contributed by atoms with Gasteiger partial charge in [0.2, 0.25) is 0 Å². The lowest BCUT2D eigenvalue weighted by molar-refractivity contribution is 0.0928. The third-order valence-corrected chi connectivity index (χ3v) is 11.0. The summed E-state index contributed by atoms with van der Waals surface area (Å²) in [6.45, 7) is 11.9. The Morgan fingerprint density at radius 2 is 1.44 bits per heavy atom. The van der Waals surface area contributed by atoms with Crippen LogP contribution in [0.2, 0.25) is 5.04 Å². The van der Waals surface area contributed by atoms with Gasteiger partial charge in [-0.15, -0.1) is 0 Å². The molecule has 0 aromatic heterocycles. The molecule has 2 aromatic carbocycles. The first-order chi connectivity index (χ1) is 12.8. The molecule has 0 bridgehead atoms. The van der Waals surface area contributed by atoms with Gasteiger partial charge in [-0.1, -0.05) is 95.3 Å². The van der Waals surface area contributed by atoms with E-state index in [0.717, 1.165) is 13.0 Å². The van der Waals surface area contributed by atoms with E-state index >= 15 is 0 Å². The lowest BCUT2D eigenvalue weighted by Gasteiger charge is -2.43. The predicted octanol–water partition coefficient (Wildman–Crippen LogP) is 4.22. The molecule has 1 N–H and O–H groups in total. The molecule has 0 heterocycles. The van der Waals surface area contributed by atoms with Gasteiger partial charge in [-0.05, 0) is 39.6 Å². The van der Waals surface area contributed by atoms with Crippen LogP contribution >= 0.6 is 0 Å². The molecule has 1 aliphatic rings. The highest BCUT2D eigenvalue weighted by Crippen LogP contribution is 2.45. The SMILES string of the molecule is CC(C)[C@H](O)[C@@H]1C[C@H]1CO[Si](c1ccccc1)(c1ccccc1)C(C)(C)C. The van der Waals surface area contributed by atoms with Gasteiger partial charge in [0, 0.05) is 6.61 Å². The van der Waals surface area contributed by atoms with Crippen LogP contribution < -0.4 is 10.4 Å². The van der Waals surface area contributed by atoms with Crippen molar-refractivity contribution in [3.8, 4) is 0 Å². The second kappa shape index (κ2) is 7.90.